The number of benzene rings is 1. The highest BCUT2D eigenvalue weighted by Gasteiger charge is 2.24. The van der Waals surface area contributed by atoms with Crippen molar-refractivity contribution in [3.8, 4) is 11.3 Å². The van der Waals surface area contributed by atoms with Crippen LogP contribution in [0.2, 0.25) is 0 Å². The molecular formula is C17H20N4. The van der Waals surface area contributed by atoms with Crippen LogP contribution in [0.3, 0.4) is 0 Å². The van der Waals surface area contributed by atoms with Crippen molar-refractivity contribution in [1.29, 1.82) is 0 Å². The Morgan fingerprint density at radius 1 is 1.10 bits per heavy atom. The highest BCUT2D eigenvalue weighted by molar-refractivity contribution is 5.94. The Labute approximate surface area is 124 Å². The molecule has 2 aromatic heterocycles. The second-order valence-corrected chi connectivity index (χ2v) is 6.36. The first-order chi connectivity index (χ1) is 9.89. The molecule has 0 aliphatic carbocycles. The number of anilines is 1. The number of imidazole rings is 1. The zero-order valence-corrected chi connectivity index (χ0v) is 12.9. The average Bonchev–Trinajstić information content (AvgIpc) is 2.75. The van der Waals surface area contributed by atoms with E-state index in [1.165, 1.54) is 0 Å². The van der Waals surface area contributed by atoms with Crippen LogP contribution in [0, 0.1) is 0 Å². The van der Waals surface area contributed by atoms with Crippen LogP contribution in [0.4, 0.5) is 5.82 Å². The van der Waals surface area contributed by atoms with Crippen molar-refractivity contribution in [3.05, 3.63) is 42.4 Å². The van der Waals surface area contributed by atoms with Crippen molar-refractivity contribution < 1.29 is 0 Å². The molecule has 4 nitrogen and oxygen atoms in total. The van der Waals surface area contributed by atoms with Crippen LogP contribution >= 0.6 is 0 Å². The van der Waals surface area contributed by atoms with Crippen LogP contribution in [-0.4, -0.2) is 14.5 Å². The Kier molecular flexibility index (Phi) is 2.97. The van der Waals surface area contributed by atoms with Gasteiger partial charge in [-0.25, -0.2) is 4.98 Å². The molecule has 1 aromatic carbocycles. The third-order valence-electron chi connectivity index (χ3n) is 3.70. The van der Waals surface area contributed by atoms with Crippen molar-refractivity contribution in [2.75, 3.05) is 5.73 Å². The number of hydrogen-bond donors (Lipinski definition) is 1. The van der Waals surface area contributed by atoms with Gasteiger partial charge in [0.05, 0.1) is 5.52 Å². The highest BCUT2D eigenvalue weighted by atomic mass is 15.1. The molecule has 0 saturated carbocycles. The molecule has 21 heavy (non-hydrogen) atoms. The third kappa shape index (κ3) is 2.17. The van der Waals surface area contributed by atoms with Gasteiger partial charge >= 0.3 is 0 Å². The number of hydrogen-bond acceptors (Lipinski definition) is 3. The first-order valence-electron chi connectivity index (χ1n) is 7.06. The fourth-order valence-corrected chi connectivity index (χ4v) is 2.68. The van der Waals surface area contributed by atoms with Gasteiger partial charge in [0.1, 0.15) is 17.3 Å². The predicted octanol–water partition coefficient (Wildman–Crippen LogP) is 3.52. The van der Waals surface area contributed by atoms with Crippen molar-refractivity contribution >= 4 is 16.7 Å². The Morgan fingerprint density at radius 2 is 1.81 bits per heavy atom. The maximum Gasteiger partial charge on any atom is 0.131 e. The molecule has 0 fully saturated rings. The lowest BCUT2D eigenvalue weighted by atomic mass is 9.96. The summed E-state index contributed by atoms with van der Waals surface area (Å²) in [6.07, 6.45) is 1.80. The first kappa shape index (κ1) is 13.6. The monoisotopic (exact) mass is 280 g/mol. The summed E-state index contributed by atoms with van der Waals surface area (Å²) in [4.78, 5) is 9.29. The Balaban J connectivity index is 2.29. The van der Waals surface area contributed by atoms with Crippen LogP contribution in [0.5, 0.6) is 0 Å². The molecule has 2 N–H and O–H groups in total. The minimum Gasteiger partial charge on any atom is -0.383 e. The lowest BCUT2D eigenvalue weighted by Crippen LogP contribution is -2.17. The molecule has 0 spiro atoms. The van der Waals surface area contributed by atoms with Crippen molar-refractivity contribution in [1.82, 2.24) is 14.5 Å². The lowest BCUT2D eigenvalue weighted by Gasteiger charge is -2.17. The number of pyridine rings is 1. The topological polar surface area (TPSA) is 56.7 Å². The van der Waals surface area contributed by atoms with Gasteiger partial charge in [-0.1, -0.05) is 45.0 Å². The summed E-state index contributed by atoms with van der Waals surface area (Å²) in [6.45, 7) is 6.42. The van der Waals surface area contributed by atoms with Gasteiger partial charge in [0.25, 0.3) is 0 Å². The Morgan fingerprint density at radius 3 is 2.48 bits per heavy atom. The lowest BCUT2D eigenvalue weighted by molar-refractivity contribution is 0.524. The fourth-order valence-electron chi connectivity index (χ4n) is 2.68. The predicted molar refractivity (Wildman–Crippen MR) is 87.1 cm³/mol. The van der Waals surface area contributed by atoms with Crippen LogP contribution in [0.1, 0.15) is 26.6 Å². The normalized spacial score (nSPS) is 12.0. The SMILES string of the molecule is Cn1c(C(C)(C)C)nc(-c2cccc3cccnc23)c1N. The van der Waals surface area contributed by atoms with Crippen molar-refractivity contribution in [2.45, 2.75) is 26.2 Å². The van der Waals surface area contributed by atoms with Gasteiger partial charge in [0.15, 0.2) is 0 Å². The molecule has 0 atom stereocenters. The largest absolute Gasteiger partial charge is 0.383 e. The quantitative estimate of drug-likeness (QED) is 0.742. The van der Waals surface area contributed by atoms with Gasteiger partial charge in [-0.2, -0.15) is 0 Å². The summed E-state index contributed by atoms with van der Waals surface area (Å²) in [6, 6.07) is 10.1. The molecule has 4 heteroatoms. The third-order valence-corrected chi connectivity index (χ3v) is 3.70. The van der Waals surface area contributed by atoms with E-state index in [0.29, 0.717) is 5.82 Å². The van der Waals surface area contributed by atoms with Gasteiger partial charge in [0, 0.05) is 29.6 Å². The van der Waals surface area contributed by atoms with E-state index >= 15 is 0 Å². The van der Waals surface area contributed by atoms with E-state index in [2.05, 4.69) is 37.9 Å². The van der Waals surface area contributed by atoms with Gasteiger partial charge in [-0.05, 0) is 6.07 Å². The summed E-state index contributed by atoms with van der Waals surface area (Å²) in [5, 5.41) is 1.09. The number of nitrogens with two attached hydrogens (primary N) is 1. The van der Waals surface area contributed by atoms with E-state index < -0.39 is 0 Å². The standard InChI is InChI=1S/C17H20N4/c1-17(2,3)16-20-14(15(18)21(16)4)12-9-5-7-11-8-6-10-19-13(11)12/h5-10H,18H2,1-4H3. The van der Waals surface area contributed by atoms with Gasteiger partial charge < -0.3 is 10.3 Å². The van der Waals surface area contributed by atoms with Gasteiger partial charge in [0.2, 0.25) is 0 Å². The molecule has 0 radical (unpaired) electrons. The molecule has 0 aliphatic heterocycles. The van der Waals surface area contributed by atoms with Crippen molar-refractivity contribution in [3.63, 3.8) is 0 Å². The molecule has 0 amide bonds. The van der Waals surface area contributed by atoms with E-state index in [9.17, 15) is 0 Å². The summed E-state index contributed by atoms with van der Waals surface area (Å²) < 4.78 is 1.97. The maximum absolute atomic E-state index is 6.30. The van der Waals surface area contributed by atoms with E-state index in [-0.39, 0.29) is 5.41 Å². The van der Waals surface area contributed by atoms with Crippen LogP contribution in [0.15, 0.2) is 36.5 Å². The zero-order chi connectivity index (χ0) is 15.2. The Bertz CT molecular complexity index is 804. The zero-order valence-electron chi connectivity index (χ0n) is 12.9. The van der Waals surface area contributed by atoms with E-state index in [0.717, 1.165) is 28.0 Å². The molecule has 3 rings (SSSR count). The number of nitrogen functional groups attached to an aromatic ring is 1. The summed E-state index contributed by atoms with van der Waals surface area (Å²) in [5.74, 6) is 1.65. The van der Waals surface area contributed by atoms with E-state index in [1.54, 1.807) is 6.20 Å². The fraction of sp³-hybridized carbons (Fsp3) is 0.294. The van der Waals surface area contributed by atoms with Crippen LogP contribution in [0.25, 0.3) is 22.2 Å². The molecule has 108 valence electrons. The number of aromatic nitrogens is 3. The highest BCUT2D eigenvalue weighted by Crippen LogP contribution is 2.33. The number of fused-ring (bicyclic) bond motifs is 1. The second kappa shape index (κ2) is 4.58. The number of para-hydroxylation sites is 1. The molecule has 0 unspecified atom stereocenters. The first-order valence-corrected chi connectivity index (χ1v) is 7.06. The molecule has 2 heterocycles. The minimum absolute atomic E-state index is 0.0564. The van der Waals surface area contributed by atoms with Crippen LogP contribution in [-0.2, 0) is 12.5 Å². The van der Waals surface area contributed by atoms with Crippen molar-refractivity contribution in [2.24, 2.45) is 7.05 Å². The maximum atomic E-state index is 6.30. The minimum atomic E-state index is -0.0564. The smallest absolute Gasteiger partial charge is 0.131 e. The van der Waals surface area contributed by atoms with E-state index in [1.807, 2.05) is 29.8 Å². The summed E-state index contributed by atoms with van der Waals surface area (Å²) in [7, 11) is 1.96. The Hall–Kier alpha value is -2.36. The molecule has 0 aliphatic rings. The number of rotatable bonds is 1. The summed E-state index contributed by atoms with van der Waals surface area (Å²) in [5.41, 5.74) is 8.97. The van der Waals surface area contributed by atoms with Gasteiger partial charge in [-0.15, -0.1) is 0 Å². The van der Waals surface area contributed by atoms with Gasteiger partial charge in [-0.3, -0.25) is 4.98 Å². The van der Waals surface area contributed by atoms with E-state index in [4.69, 9.17) is 10.7 Å². The molecule has 0 saturated heterocycles. The average molecular weight is 280 g/mol. The molecule has 3 aromatic rings. The number of nitrogens with zero attached hydrogens (tertiary/aromatic N) is 3. The summed E-state index contributed by atoms with van der Waals surface area (Å²) >= 11 is 0. The molecule has 0 bridgehead atoms. The second-order valence-electron chi connectivity index (χ2n) is 6.36. The van der Waals surface area contributed by atoms with Crippen LogP contribution < -0.4 is 5.73 Å². The molecular weight excluding hydrogens is 260 g/mol.